The highest BCUT2D eigenvalue weighted by atomic mass is 16.4. The number of anilines is 1. The van der Waals surface area contributed by atoms with Crippen molar-refractivity contribution in [3.63, 3.8) is 0 Å². The standard InChI is InChI=1S/C20H24N2O3/c1-20(2,3)15-11-9-14(10-12-15)17(13-18(23)24)22-19(25)21-16-7-5-4-6-8-16/h4-12,17H,13H2,1-3H3,(H,23,24)(H2,21,22,25)/t17-/m0/s1. The van der Waals surface area contributed by atoms with E-state index in [1.807, 2.05) is 42.5 Å². The Balaban J connectivity index is 2.13. The lowest BCUT2D eigenvalue weighted by molar-refractivity contribution is -0.137. The highest BCUT2D eigenvalue weighted by Crippen LogP contribution is 2.25. The fraction of sp³-hybridized carbons (Fsp3) is 0.300. The van der Waals surface area contributed by atoms with Crippen LogP contribution >= 0.6 is 0 Å². The molecule has 5 heteroatoms. The van der Waals surface area contributed by atoms with Crippen molar-refractivity contribution in [2.75, 3.05) is 5.32 Å². The van der Waals surface area contributed by atoms with Crippen molar-refractivity contribution in [2.45, 2.75) is 38.6 Å². The van der Waals surface area contributed by atoms with Gasteiger partial charge in [-0.2, -0.15) is 0 Å². The molecule has 0 fully saturated rings. The van der Waals surface area contributed by atoms with E-state index in [0.29, 0.717) is 5.69 Å². The number of hydrogen-bond donors (Lipinski definition) is 3. The van der Waals surface area contributed by atoms with Crippen molar-refractivity contribution < 1.29 is 14.7 Å². The van der Waals surface area contributed by atoms with Gasteiger partial charge < -0.3 is 15.7 Å². The SMILES string of the molecule is CC(C)(C)c1ccc([C@H](CC(=O)O)NC(=O)Nc2ccccc2)cc1. The van der Waals surface area contributed by atoms with Gasteiger partial charge in [0.1, 0.15) is 0 Å². The van der Waals surface area contributed by atoms with Crippen LogP contribution < -0.4 is 10.6 Å². The first-order valence-electron chi connectivity index (χ1n) is 8.20. The van der Waals surface area contributed by atoms with Gasteiger partial charge in [-0.25, -0.2) is 4.79 Å². The average Bonchev–Trinajstić information content (AvgIpc) is 2.54. The van der Waals surface area contributed by atoms with Gasteiger partial charge in [0, 0.05) is 5.69 Å². The van der Waals surface area contributed by atoms with Crippen molar-refractivity contribution >= 4 is 17.7 Å². The highest BCUT2D eigenvalue weighted by molar-refractivity contribution is 5.89. The van der Waals surface area contributed by atoms with Gasteiger partial charge in [-0.05, 0) is 28.7 Å². The molecule has 25 heavy (non-hydrogen) atoms. The fourth-order valence-electron chi connectivity index (χ4n) is 2.49. The molecule has 1 atom stereocenters. The van der Waals surface area contributed by atoms with E-state index < -0.39 is 18.0 Å². The largest absolute Gasteiger partial charge is 0.481 e. The van der Waals surface area contributed by atoms with E-state index in [9.17, 15) is 9.59 Å². The van der Waals surface area contributed by atoms with Crippen LogP contribution in [-0.2, 0) is 10.2 Å². The third-order valence-electron chi connectivity index (χ3n) is 3.89. The van der Waals surface area contributed by atoms with E-state index in [1.54, 1.807) is 12.1 Å². The Bertz CT molecular complexity index is 719. The summed E-state index contributed by atoms with van der Waals surface area (Å²) in [5, 5.41) is 14.6. The molecule has 0 aliphatic carbocycles. The zero-order valence-corrected chi connectivity index (χ0v) is 14.7. The van der Waals surface area contributed by atoms with Gasteiger partial charge in [-0.1, -0.05) is 63.2 Å². The van der Waals surface area contributed by atoms with Crippen molar-refractivity contribution in [3.05, 3.63) is 65.7 Å². The molecule has 0 aromatic heterocycles. The van der Waals surface area contributed by atoms with E-state index in [0.717, 1.165) is 11.1 Å². The van der Waals surface area contributed by atoms with Crippen LogP contribution in [0.15, 0.2) is 54.6 Å². The van der Waals surface area contributed by atoms with Crippen LogP contribution in [0.4, 0.5) is 10.5 Å². The molecular formula is C20H24N2O3. The molecule has 0 bridgehead atoms. The number of carbonyl (C=O) groups excluding carboxylic acids is 1. The molecule has 2 aromatic rings. The van der Waals surface area contributed by atoms with E-state index in [1.165, 1.54) is 0 Å². The number of carbonyl (C=O) groups is 2. The van der Waals surface area contributed by atoms with Gasteiger partial charge in [0.25, 0.3) is 0 Å². The van der Waals surface area contributed by atoms with Crippen LogP contribution in [0.5, 0.6) is 0 Å². The molecule has 2 rings (SSSR count). The lowest BCUT2D eigenvalue weighted by Gasteiger charge is -2.22. The predicted molar refractivity (Wildman–Crippen MR) is 98.7 cm³/mol. The van der Waals surface area contributed by atoms with Crippen molar-refractivity contribution in [1.29, 1.82) is 0 Å². The van der Waals surface area contributed by atoms with Crippen LogP contribution in [0, 0.1) is 0 Å². The summed E-state index contributed by atoms with van der Waals surface area (Å²) in [5.74, 6) is -0.968. The number of benzene rings is 2. The number of carboxylic acids is 1. The summed E-state index contributed by atoms with van der Waals surface area (Å²) >= 11 is 0. The zero-order valence-electron chi connectivity index (χ0n) is 14.7. The van der Waals surface area contributed by atoms with Gasteiger partial charge >= 0.3 is 12.0 Å². The van der Waals surface area contributed by atoms with Gasteiger partial charge in [0.15, 0.2) is 0 Å². The van der Waals surface area contributed by atoms with Crippen LogP contribution in [0.1, 0.15) is 44.4 Å². The molecule has 0 saturated carbocycles. The van der Waals surface area contributed by atoms with Crippen molar-refractivity contribution in [3.8, 4) is 0 Å². The molecule has 0 heterocycles. The number of para-hydroxylation sites is 1. The average molecular weight is 340 g/mol. The summed E-state index contributed by atoms with van der Waals surface area (Å²) < 4.78 is 0. The van der Waals surface area contributed by atoms with Gasteiger partial charge in [0.2, 0.25) is 0 Å². The lowest BCUT2D eigenvalue weighted by atomic mass is 9.86. The zero-order chi connectivity index (χ0) is 18.4. The number of amides is 2. The Kier molecular flexibility index (Phi) is 5.80. The van der Waals surface area contributed by atoms with E-state index in [-0.39, 0.29) is 11.8 Å². The molecule has 0 aliphatic heterocycles. The maximum absolute atomic E-state index is 12.2. The molecule has 0 unspecified atom stereocenters. The second-order valence-corrected chi connectivity index (χ2v) is 6.99. The molecule has 132 valence electrons. The highest BCUT2D eigenvalue weighted by Gasteiger charge is 2.20. The van der Waals surface area contributed by atoms with E-state index >= 15 is 0 Å². The summed E-state index contributed by atoms with van der Waals surface area (Å²) in [6.45, 7) is 6.34. The molecular weight excluding hydrogens is 316 g/mol. The first-order chi connectivity index (χ1) is 11.8. The monoisotopic (exact) mass is 340 g/mol. The second kappa shape index (κ2) is 7.83. The number of carboxylic acid groups (broad SMARTS) is 1. The van der Waals surface area contributed by atoms with Gasteiger partial charge in [-0.3, -0.25) is 4.79 Å². The van der Waals surface area contributed by atoms with Crippen LogP contribution in [0.2, 0.25) is 0 Å². The minimum absolute atomic E-state index is 0.0128. The summed E-state index contributed by atoms with van der Waals surface area (Å²) in [5.41, 5.74) is 2.58. The molecule has 2 amide bonds. The quantitative estimate of drug-likeness (QED) is 0.758. The summed E-state index contributed by atoms with van der Waals surface area (Å²) in [7, 11) is 0. The summed E-state index contributed by atoms with van der Waals surface area (Å²) in [6, 6.07) is 15.7. The summed E-state index contributed by atoms with van der Waals surface area (Å²) in [6.07, 6.45) is -0.183. The van der Waals surface area contributed by atoms with E-state index in [2.05, 4.69) is 31.4 Å². The predicted octanol–water partition coefficient (Wildman–Crippen LogP) is 4.32. The summed E-state index contributed by atoms with van der Waals surface area (Å²) in [4.78, 5) is 23.4. The maximum atomic E-state index is 12.2. The minimum Gasteiger partial charge on any atom is -0.481 e. The van der Waals surface area contributed by atoms with Gasteiger partial charge in [-0.15, -0.1) is 0 Å². The maximum Gasteiger partial charge on any atom is 0.319 e. The van der Waals surface area contributed by atoms with Crippen LogP contribution in [0.25, 0.3) is 0 Å². The van der Waals surface area contributed by atoms with Crippen LogP contribution in [-0.4, -0.2) is 17.1 Å². The molecule has 0 saturated heterocycles. The Labute approximate surface area is 148 Å². The molecule has 0 spiro atoms. The number of urea groups is 1. The third-order valence-corrected chi connectivity index (χ3v) is 3.89. The fourth-order valence-corrected chi connectivity index (χ4v) is 2.49. The number of nitrogens with one attached hydrogen (secondary N) is 2. The Hall–Kier alpha value is -2.82. The lowest BCUT2D eigenvalue weighted by Crippen LogP contribution is -2.33. The molecule has 0 aliphatic rings. The van der Waals surface area contributed by atoms with E-state index in [4.69, 9.17) is 5.11 Å². The Morgan fingerprint density at radius 1 is 1.00 bits per heavy atom. The first kappa shape index (κ1) is 18.5. The topological polar surface area (TPSA) is 78.4 Å². The Morgan fingerprint density at radius 2 is 1.60 bits per heavy atom. The van der Waals surface area contributed by atoms with Crippen molar-refractivity contribution in [1.82, 2.24) is 5.32 Å². The van der Waals surface area contributed by atoms with Gasteiger partial charge in [0.05, 0.1) is 12.5 Å². The number of rotatable bonds is 5. The van der Waals surface area contributed by atoms with Crippen LogP contribution in [0.3, 0.4) is 0 Å². The molecule has 0 radical (unpaired) electrons. The Morgan fingerprint density at radius 3 is 2.12 bits per heavy atom. The molecule has 5 nitrogen and oxygen atoms in total. The molecule has 3 N–H and O–H groups in total. The minimum atomic E-state index is -0.968. The normalized spacial score (nSPS) is 12.3. The third kappa shape index (κ3) is 5.64. The smallest absolute Gasteiger partial charge is 0.319 e. The number of aliphatic carboxylic acids is 1. The first-order valence-corrected chi connectivity index (χ1v) is 8.20. The second-order valence-electron chi connectivity index (χ2n) is 6.99. The molecule has 2 aromatic carbocycles. The van der Waals surface area contributed by atoms with Crippen molar-refractivity contribution in [2.24, 2.45) is 0 Å². The number of hydrogen-bond acceptors (Lipinski definition) is 2.